The van der Waals surface area contributed by atoms with Crippen LogP contribution in [-0.4, -0.2) is 0 Å². The summed E-state index contributed by atoms with van der Waals surface area (Å²) in [4.78, 5) is 1.30. The maximum Gasteiger partial charge on any atom is 0.0346 e. The fourth-order valence-electron chi connectivity index (χ4n) is 2.28. The van der Waals surface area contributed by atoms with E-state index in [4.69, 9.17) is 5.73 Å². The van der Waals surface area contributed by atoms with E-state index in [1.807, 2.05) is 23.9 Å². The Hall–Kier alpha value is -1.93. The van der Waals surface area contributed by atoms with Crippen molar-refractivity contribution < 1.29 is 0 Å². The molecule has 0 aliphatic carbocycles. The first-order valence-corrected chi connectivity index (χ1v) is 7.68. The van der Waals surface area contributed by atoms with Crippen LogP contribution in [0.5, 0.6) is 0 Å². The summed E-state index contributed by atoms with van der Waals surface area (Å²) in [5.41, 5.74) is 9.33. The van der Waals surface area contributed by atoms with Gasteiger partial charge < -0.3 is 5.73 Å². The van der Waals surface area contributed by atoms with Crippen LogP contribution in [-0.2, 0) is 5.75 Å². The summed E-state index contributed by atoms with van der Waals surface area (Å²) in [6.07, 6.45) is 0. The first kappa shape index (κ1) is 13.1. The third-order valence-corrected chi connectivity index (χ3v) is 4.65. The van der Waals surface area contributed by atoms with Crippen molar-refractivity contribution >= 4 is 28.2 Å². The Bertz CT molecular complexity index is 749. The van der Waals surface area contributed by atoms with Crippen LogP contribution in [0.2, 0.25) is 0 Å². The van der Waals surface area contributed by atoms with Gasteiger partial charge in [0.05, 0.1) is 0 Å². The first-order valence-electron chi connectivity index (χ1n) is 6.69. The van der Waals surface area contributed by atoms with Gasteiger partial charge in [0.15, 0.2) is 0 Å². The van der Waals surface area contributed by atoms with E-state index in [2.05, 4.69) is 55.5 Å². The van der Waals surface area contributed by atoms with Crippen molar-refractivity contribution in [1.82, 2.24) is 0 Å². The number of thioether (sulfide) groups is 1. The van der Waals surface area contributed by atoms with Crippen molar-refractivity contribution in [2.75, 3.05) is 5.73 Å². The van der Waals surface area contributed by atoms with E-state index in [0.717, 1.165) is 11.4 Å². The summed E-state index contributed by atoms with van der Waals surface area (Å²) in [6.45, 7) is 2.09. The zero-order valence-electron chi connectivity index (χ0n) is 11.5. The van der Waals surface area contributed by atoms with Crippen LogP contribution in [0.25, 0.3) is 10.8 Å². The smallest absolute Gasteiger partial charge is 0.0346 e. The van der Waals surface area contributed by atoms with Gasteiger partial charge >= 0.3 is 0 Å². The Balaban J connectivity index is 1.81. The van der Waals surface area contributed by atoms with Gasteiger partial charge in [-0.2, -0.15) is 0 Å². The molecule has 0 fully saturated rings. The molecule has 0 bridgehead atoms. The third-order valence-electron chi connectivity index (χ3n) is 3.60. The summed E-state index contributed by atoms with van der Waals surface area (Å²) in [5, 5.41) is 2.58. The normalized spacial score (nSPS) is 10.8. The van der Waals surface area contributed by atoms with E-state index in [-0.39, 0.29) is 0 Å². The number of rotatable bonds is 3. The SMILES string of the molecule is Cc1c(N)cccc1CSc1ccc2ccccc2c1. The highest BCUT2D eigenvalue weighted by Crippen LogP contribution is 2.28. The van der Waals surface area contributed by atoms with Gasteiger partial charge in [0.2, 0.25) is 0 Å². The highest BCUT2D eigenvalue weighted by molar-refractivity contribution is 7.98. The van der Waals surface area contributed by atoms with Crippen molar-refractivity contribution in [3.05, 3.63) is 71.8 Å². The van der Waals surface area contributed by atoms with Crippen LogP contribution in [0.4, 0.5) is 5.69 Å². The second-order valence-corrected chi connectivity index (χ2v) is 5.98. The summed E-state index contributed by atoms with van der Waals surface area (Å²) in [5.74, 6) is 0.954. The summed E-state index contributed by atoms with van der Waals surface area (Å²) >= 11 is 1.86. The Labute approximate surface area is 123 Å². The molecule has 100 valence electrons. The van der Waals surface area contributed by atoms with Gasteiger partial charge in [0.25, 0.3) is 0 Å². The molecule has 0 unspecified atom stereocenters. The molecule has 0 amide bonds. The second kappa shape index (κ2) is 5.59. The zero-order valence-corrected chi connectivity index (χ0v) is 12.3. The summed E-state index contributed by atoms with van der Waals surface area (Å²) in [6, 6.07) is 21.2. The molecule has 0 aliphatic rings. The summed E-state index contributed by atoms with van der Waals surface area (Å²) in [7, 11) is 0. The number of hydrogen-bond donors (Lipinski definition) is 1. The fourth-order valence-corrected chi connectivity index (χ4v) is 3.29. The van der Waals surface area contributed by atoms with Crippen LogP contribution in [0.15, 0.2) is 65.6 Å². The van der Waals surface area contributed by atoms with Crippen LogP contribution in [0.1, 0.15) is 11.1 Å². The lowest BCUT2D eigenvalue weighted by Gasteiger charge is -2.08. The van der Waals surface area contributed by atoms with E-state index in [0.29, 0.717) is 0 Å². The molecule has 0 radical (unpaired) electrons. The summed E-state index contributed by atoms with van der Waals surface area (Å²) < 4.78 is 0. The quantitative estimate of drug-likeness (QED) is 0.538. The highest BCUT2D eigenvalue weighted by Gasteiger charge is 2.03. The molecule has 2 N–H and O–H groups in total. The molecule has 0 heterocycles. The Morgan fingerprint density at radius 1 is 0.900 bits per heavy atom. The molecule has 0 atom stereocenters. The molecule has 3 aromatic rings. The predicted octanol–water partition coefficient (Wildman–Crippen LogP) is 5.02. The molecule has 3 rings (SSSR count). The fraction of sp³-hybridized carbons (Fsp3) is 0.111. The van der Waals surface area contributed by atoms with E-state index in [9.17, 15) is 0 Å². The van der Waals surface area contributed by atoms with Gasteiger partial charge in [-0.25, -0.2) is 0 Å². The highest BCUT2D eigenvalue weighted by atomic mass is 32.2. The number of nitrogen functional groups attached to an aromatic ring is 1. The lowest BCUT2D eigenvalue weighted by molar-refractivity contribution is 1.30. The van der Waals surface area contributed by atoms with Gasteiger partial charge in [0.1, 0.15) is 0 Å². The van der Waals surface area contributed by atoms with Gasteiger partial charge in [0, 0.05) is 16.3 Å². The number of fused-ring (bicyclic) bond motifs is 1. The monoisotopic (exact) mass is 279 g/mol. The maximum absolute atomic E-state index is 5.95. The average molecular weight is 279 g/mol. The third kappa shape index (κ3) is 2.66. The van der Waals surface area contributed by atoms with Gasteiger partial charge in [-0.05, 0) is 47.0 Å². The largest absolute Gasteiger partial charge is 0.399 e. The lowest BCUT2D eigenvalue weighted by atomic mass is 10.1. The van der Waals surface area contributed by atoms with Gasteiger partial charge in [-0.15, -0.1) is 11.8 Å². The van der Waals surface area contributed by atoms with Crippen molar-refractivity contribution in [3.8, 4) is 0 Å². The van der Waals surface area contributed by atoms with Crippen LogP contribution < -0.4 is 5.73 Å². The molecule has 0 aromatic heterocycles. The molecular weight excluding hydrogens is 262 g/mol. The predicted molar refractivity (Wildman–Crippen MR) is 89.1 cm³/mol. The Morgan fingerprint density at radius 3 is 2.55 bits per heavy atom. The number of anilines is 1. The number of benzene rings is 3. The van der Waals surface area contributed by atoms with Gasteiger partial charge in [-0.1, -0.05) is 42.5 Å². The molecule has 0 aliphatic heterocycles. The minimum absolute atomic E-state index is 0.876. The second-order valence-electron chi connectivity index (χ2n) is 4.93. The molecule has 3 aromatic carbocycles. The number of hydrogen-bond acceptors (Lipinski definition) is 2. The standard InChI is InChI=1S/C18H17NS/c1-13-16(7-4-8-18(13)19)12-20-17-10-9-14-5-2-3-6-15(14)11-17/h2-11H,12,19H2,1H3. The first-order chi connectivity index (χ1) is 9.74. The molecule has 0 spiro atoms. The molecule has 2 heteroatoms. The Kier molecular flexibility index (Phi) is 3.66. The van der Waals surface area contributed by atoms with Crippen LogP contribution in [0.3, 0.4) is 0 Å². The van der Waals surface area contributed by atoms with E-state index in [1.54, 1.807) is 0 Å². The van der Waals surface area contributed by atoms with Crippen molar-refractivity contribution in [2.45, 2.75) is 17.6 Å². The zero-order chi connectivity index (χ0) is 13.9. The maximum atomic E-state index is 5.95. The topological polar surface area (TPSA) is 26.0 Å². The molecular formula is C18H17NS. The molecule has 20 heavy (non-hydrogen) atoms. The average Bonchev–Trinajstić information content (AvgIpc) is 2.48. The number of nitrogens with two attached hydrogens (primary N) is 1. The minimum atomic E-state index is 0.876. The Morgan fingerprint density at radius 2 is 1.70 bits per heavy atom. The van der Waals surface area contributed by atoms with Crippen molar-refractivity contribution in [1.29, 1.82) is 0 Å². The van der Waals surface area contributed by atoms with Gasteiger partial charge in [-0.3, -0.25) is 0 Å². The van der Waals surface area contributed by atoms with Crippen LogP contribution >= 0.6 is 11.8 Å². The van der Waals surface area contributed by atoms with E-state index in [1.165, 1.54) is 26.8 Å². The minimum Gasteiger partial charge on any atom is -0.399 e. The lowest BCUT2D eigenvalue weighted by Crippen LogP contribution is -1.93. The molecule has 0 saturated heterocycles. The molecule has 1 nitrogen and oxygen atoms in total. The van der Waals surface area contributed by atoms with Crippen molar-refractivity contribution in [2.24, 2.45) is 0 Å². The van der Waals surface area contributed by atoms with E-state index >= 15 is 0 Å². The molecule has 0 saturated carbocycles. The van der Waals surface area contributed by atoms with Crippen molar-refractivity contribution in [3.63, 3.8) is 0 Å². The van der Waals surface area contributed by atoms with E-state index < -0.39 is 0 Å². The van der Waals surface area contributed by atoms with Crippen LogP contribution in [0, 0.1) is 6.92 Å².